The first-order valence-corrected chi connectivity index (χ1v) is 6.96. The molecule has 0 amide bonds. The van der Waals surface area contributed by atoms with Gasteiger partial charge in [-0.2, -0.15) is 5.26 Å². The second-order valence-electron chi connectivity index (χ2n) is 4.96. The number of aromatic nitrogens is 1. The molecule has 0 bridgehead atoms. The van der Waals surface area contributed by atoms with Crippen LogP contribution in [0, 0.1) is 28.4 Å². The third kappa shape index (κ3) is 4.04. The summed E-state index contributed by atoms with van der Waals surface area (Å²) in [6, 6.07) is 9.91. The van der Waals surface area contributed by atoms with Gasteiger partial charge in [-0.25, -0.2) is 4.98 Å². The number of hydrogen-bond donors (Lipinski definition) is 1. The van der Waals surface area contributed by atoms with Gasteiger partial charge >= 0.3 is 11.7 Å². The maximum absolute atomic E-state index is 11.2. The molecule has 1 aromatic heterocycles. The van der Waals surface area contributed by atoms with E-state index in [0.29, 0.717) is 11.4 Å². The lowest BCUT2D eigenvalue weighted by molar-refractivity contribution is -0.384. The first-order chi connectivity index (χ1) is 11.4. The molecular formula is C16H14N4O4. The minimum Gasteiger partial charge on any atom is -0.461 e. The molecule has 0 saturated carbocycles. The molecular weight excluding hydrogens is 312 g/mol. The normalized spacial score (nSPS) is 9.88. The van der Waals surface area contributed by atoms with Gasteiger partial charge in [0.1, 0.15) is 12.7 Å². The van der Waals surface area contributed by atoms with Gasteiger partial charge in [0.2, 0.25) is 5.82 Å². The predicted molar refractivity (Wildman–Crippen MR) is 85.5 cm³/mol. The maximum atomic E-state index is 11.2. The van der Waals surface area contributed by atoms with Crippen molar-refractivity contribution < 1.29 is 14.5 Å². The van der Waals surface area contributed by atoms with Crippen LogP contribution in [0.4, 0.5) is 17.2 Å². The van der Waals surface area contributed by atoms with Crippen molar-refractivity contribution in [3.63, 3.8) is 0 Å². The zero-order valence-corrected chi connectivity index (χ0v) is 13.1. The molecule has 0 aliphatic rings. The molecule has 0 spiro atoms. The standard InChI is InChI=1S/C16H14N4O4/c1-10-13(8-17)7-15(20(22)23)16(18-10)19-14-5-3-12(4-6-14)9-24-11(2)21/h3-7H,9H2,1-2H3,(H,18,19). The molecule has 0 saturated heterocycles. The number of anilines is 2. The number of esters is 1. The van der Waals surface area contributed by atoms with E-state index in [1.807, 2.05) is 6.07 Å². The predicted octanol–water partition coefficient (Wildman–Crippen LogP) is 2.98. The highest BCUT2D eigenvalue weighted by atomic mass is 16.6. The van der Waals surface area contributed by atoms with E-state index in [1.165, 1.54) is 13.0 Å². The number of carbonyl (C=O) groups is 1. The van der Waals surface area contributed by atoms with Crippen LogP contribution in [0.5, 0.6) is 0 Å². The largest absolute Gasteiger partial charge is 0.461 e. The van der Waals surface area contributed by atoms with E-state index in [1.54, 1.807) is 31.2 Å². The number of nitro groups is 1. The fourth-order valence-electron chi connectivity index (χ4n) is 1.95. The third-order valence-electron chi connectivity index (χ3n) is 3.17. The van der Waals surface area contributed by atoms with Gasteiger partial charge < -0.3 is 10.1 Å². The van der Waals surface area contributed by atoms with Gasteiger partial charge in [-0.15, -0.1) is 0 Å². The molecule has 8 nitrogen and oxygen atoms in total. The van der Waals surface area contributed by atoms with Gasteiger partial charge in [0.15, 0.2) is 0 Å². The number of aryl methyl sites for hydroxylation is 1. The van der Waals surface area contributed by atoms with Crippen molar-refractivity contribution in [2.75, 3.05) is 5.32 Å². The first-order valence-electron chi connectivity index (χ1n) is 6.96. The summed E-state index contributed by atoms with van der Waals surface area (Å²) >= 11 is 0. The number of hydrogen-bond acceptors (Lipinski definition) is 7. The number of nitriles is 1. The summed E-state index contributed by atoms with van der Waals surface area (Å²) in [5, 5.41) is 23.0. The highest BCUT2D eigenvalue weighted by Crippen LogP contribution is 2.27. The molecule has 2 rings (SSSR count). The van der Waals surface area contributed by atoms with Crippen LogP contribution >= 0.6 is 0 Å². The lowest BCUT2D eigenvalue weighted by Gasteiger charge is -2.09. The molecule has 0 aliphatic carbocycles. The molecule has 0 radical (unpaired) electrons. The zero-order valence-electron chi connectivity index (χ0n) is 13.1. The quantitative estimate of drug-likeness (QED) is 0.509. The van der Waals surface area contributed by atoms with Crippen molar-refractivity contribution >= 4 is 23.2 Å². The molecule has 1 N–H and O–H groups in total. The van der Waals surface area contributed by atoms with Gasteiger partial charge in [-0.1, -0.05) is 12.1 Å². The summed E-state index contributed by atoms with van der Waals surface area (Å²) in [6.45, 7) is 3.09. The van der Waals surface area contributed by atoms with E-state index in [0.717, 1.165) is 5.56 Å². The SMILES string of the molecule is CC(=O)OCc1ccc(Nc2nc(C)c(C#N)cc2[N+](=O)[O-])cc1. The van der Waals surface area contributed by atoms with Crippen molar-refractivity contribution in [3.05, 3.63) is 57.3 Å². The monoisotopic (exact) mass is 326 g/mol. The molecule has 122 valence electrons. The Morgan fingerprint density at radius 3 is 2.62 bits per heavy atom. The summed E-state index contributed by atoms with van der Waals surface area (Å²) in [6.07, 6.45) is 0. The van der Waals surface area contributed by atoms with Crippen LogP contribution in [0.25, 0.3) is 0 Å². The lowest BCUT2D eigenvalue weighted by atomic mass is 10.2. The van der Waals surface area contributed by atoms with Gasteiger partial charge in [0.25, 0.3) is 0 Å². The molecule has 0 atom stereocenters. The van der Waals surface area contributed by atoms with Crippen molar-refractivity contribution in [2.45, 2.75) is 20.5 Å². The van der Waals surface area contributed by atoms with E-state index in [9.17, 15) is 14.9 Å². The Balaban J connectivity index is 2.24. The summed E-state index contributed by atoms with van der Waals surface area (Å²) in [7, 11) is 0. The van der Waals surface area contributed by atoms with E-state index in [2.05, 4.69) is 10.3 Å². The topological polar surface area (TPSA) is 118 Å². The van der Waals surface area contributed by atoms with Crippen LogP contribution in [0.2, 0.25) is 0 Å². The molecule has 24 heavy (non-hydrogen) atoms. The molecule has 0 unspecified atom stereocenters. The van der Waals surface area contributed by atoms with Gasteiger partial charge in [0, 0.05) is 18.7 Å². The van der Waals surface area contributed by atoms with Crippen molar-refractivity contribution in [1.82, 2.24) is 4.98 Å². The van der Waals surface area contributed by atoms with Crippen LogP contribution in [-0.4, -0.2) is 15.9 Å². The summed E-state index contributed by atoms with van der Waals surface area (Å²) < 4.78 is 4.89. The number of nitrogens with zero attached hydrogens (tertiary/aromatic N) is 3. The van der Waals surface area contributed by atoms with E-state index in [4.69, 9.17) is 10.00 Å². The molecule has 0 aliphatic heterocycles. The number of benzene rings is 1. The van der Waals surface area contributed by atoms with Crippen LogP contribution in [0.3, 0.4) is 0 Å². The van der Waals surface area contributed by atoms with Crippen molar-refractivity contribution in [2.24, 2.45) is 0 Å². The summed E-state index contributed by atoms with van der Waals surface area (Å²) in [4.78, 5) is 25.4. The van der Waals surface area contributed by atoms with E-state index >= 15 is 0 Å². The van der Waals surface area contributed by atoms with Crippen LogP contribution in [-0.2, 0) is 16.1 Å². The Morgan fingerprint density at radius 2 is 2.08 bits per heavy atom. The van der Waals surface area contributed by atoms with Crippen LogP contribution in [0.15, 0.2) is 30.3 Å². The third-order valence-corrected chi connectivity index (χ3v) is 3.17. The molecule has 1 heterocycles. The van der Waals surface area contributed by atoms with Crippen LogP contribution < -0.4 is 5.32 Å². The zero-order chi connectivity index (χ0) is 17.7. The highest BCUT2D eigenvalue weighted by Gasteiger charge is 2.18. The number of nitrogens with one attached hydrogen (secondary N) is 1. The molecule has 0 fully saturated rings. The Labute approximate surface area is 137 Å². The van der Waals surface area contributed by atoms with E-state index < -0.39 is 4.92 Å². The summed E-state index contributed by atoms with van der Waals surface area (Å²) in [5.41, 5.74) is 1.65. The van der Waals surface area contributed by atoms with E-state index in [-0.39, 0.29) is 29.6 Å². The maximum Gasteiger partial charge on any atom is 0.313 e. The Morgan fingerprint density at radius 1 is 1.42 bits per heavy atom. The van der Waals surface area contributed by atoms with Crippen molar-refractivity contribution in [1.29, 1.82) is 5.26 Å². The fourth-order valence-corrected chi connectivity index (χ4v) is 1.95. The smallest absolute Gasteiger partial charge is 0.313 e. The summed E-state index contributed by atoms with van der Waals surface area (Å²) in [5.74, 6) is -0.311. The van der Waals surface area contributed by atoms with Gasteiger partial charge in [-0.05, 0) is 24.6 Å². The van der Waals surface area contributed by atoms with Gasteiger partial charge in [-0.3, -0.25) is 14.9 Å². The Kier molecular flexibility index (Phi) is 5.06. The lowest BCUT2D eigenvalue weighted by Crippen LogP contribution is -2.03. The average molecular weight is 326 g/mol. The number of ether oxygens (including phenoxy) is 1. The highest BCUT2D eigenvalue weighted by molar-refractivity contribution is 5.68. The Hall–Kier alpha value is -3.47. The number of pyridine rings is 1. The average Bonchev–Trinajstić information content (AvgIpc) is 2.54. The van der Waals surface area contributed by atoms with Crippen LogP contribution in [0.1, 0.15) is 23.7 Å². The Bertz CT molecular complexity index is 825. The number of carbonyl (C=O) groups excluding carboxylic acids is 1. The second kappa shape index (κ2) is 7.19. The van der Waals surface area contributed by atoms with Gasteiger partial charge in [0.05, 0.1) is 16.2 Å². The molecule has 8 heteroatoms. The van der Waals surface area contributed by atoms with Crippen molar-refractivity contribution in [3.8, 4) is 6.07 Å². The second-order valence-corrected chi connectivity index (χ2v) is 4.96. The minimum atomic E-state index is -0.593. The first kappa shape index (κ1) is 16.9. The molecule has 2 aromatic rings. The fraction of sp³-hybridized carbons (Fsp3) is 0.188. The number of rotatable bonds is 5. The molecule has 1 aromatic carbocycles. The minimum absolute atomic E-state index is 0.0595.